The lowest BCUT2D eigenvalue weighted by molar-refractivity contribution is -0.136. The van der Waals surface area contributed by atoms with Crippen LogP contribution in [0.1, 0.15) is 5.56 Å². The van der Waals surface area contributed by atoms with Gasteiger partial charge in [-0.25, -0.2) is 0 Å². The van der Waals surface area contributed by atoms with Gasteiger partial charge in [-0.05, 0) is 19.1 Å². The molecule has 4 nitrogen and oxygen atoms in total. The van der Waals surface area contributed by atoms with E-state index in [0.29, 0.717) is 10.2 Å². The summed E-state index contributed by atoms with van der Waals surface area (Å²) in [5.41, 5.74) is 1.68. The van der Waals surface area contributed by atoms with Gasteiger partial charge in [0.25, 0.3) is 0 Å². The van der Waals surface area contributed by atoms with Crippen molar-refractivity contribution in [2.24, 2.45) is 0 Å². The minimum absolute atomic E-state index is 0.222. The topological polar surface area (TPSA) is 58.2 Å². The Morgan fingerprint density at radius 3 is 2.35 bits per heavy atom. The number of amides is 2. The van der Waals surface area contributed by atoms with Crippen LogP contribution in [0.4, 0.5) is 5.69 Å². The molecule has 2 N–H and O–H groups in total. The second-order valence-electron chi connectivity index (χ2n) is 3.52. The summed E-state index contributed by atoms with van der Waals surface area (Å²) in [5.74, 6) is -1.38. The van der Waals surface area contributed by atoms with Crippen LogP contribution in [-0.2, 0) is 9.59 Å². The fraction of sp³-hybridized carbons (Fsp3) is 0.167. The first-order valence-electron chi connectivity index (χ1n) is 4.98. The maximum atomic E-state index is 11.4. The van der Waals surface area contributed by atoms with E-state index in [2.05, 4.69) is 33.1 Å². The number of halogens is 1. The van der Waals surface area contributed by atoms with Crippen molar-refractivity contribution in [2.75, 3.05) is 11.9 Å². The highest BCUT2D eigenvalue weighted by molar-refractivity contribution is 9.11. The zero-order valence-corrected chi connectivity index (χ0v) is 11.0. The smallest absolute Gasteiger partial charge is 0.313 e. The first kappa shape index (κ1) is 13.4. The van der Waals surface area contributed by atoms with Crippen LogP contribution in [-0.4, -0.2) is 18.4 Å². The predicted octanol–water partition coefficient (Wildman–Crippen LogP) is 1.96. The highest BCUT2D eigenvalue weighted by Gasteiger charge is 2.12. The van der Waals surface area contributed by atoms with Crippen LogP contribution in [0.3, 0.4) is 0 Å². The van der Waals surface area contributed by atoms with E-state index in [1.165, 1.54) is 0 Å². The fourth-order valence-electron chi connectivity index (χ4n) is 1.08. The molecule has 0 unspecified atom stereocenters. The first-order chi connectivity index (χ1) is 7.99. The summed E-state index contributed by atoms with van der Waals surface area (Å²) < 4.78 is 0.606. The maximum Gasteiger partial charge on any atom is 0.313 e. The average molecular weight is 297 g/mol. The maximum absolute atomic E-state index is 11.4. The summed E-state index contributed by atoms with van der Waals surface area (Å²) in [5, 5.41) is 4.91. The third-order valence-electron chi connectivity index (χ3n) is 1.96. The van der Waals surface area contributed by atoms with E-state index in [-0.39, 0.29) is 6.54 Å². The van der Waals surface area contributed by atoms with Gasteiger partial charge >= 0.3 is 11.8 Å². The quantitative estimate of drug-likeness (QED) is 0.838. The molecule has 5 heteroatoms. The summed E-state index contributed by atoms with van der Waals surface area (Å²) in [4.78, 5) is 22.8. The van der Waals surface area contributed by atoms with E-state index in [9.17, 15) is 9.59 Å². The van der Waals surface area contributed by atoms with Crippen LogP contribution in [0, 0.1) is 6.92 Å². The Morgan fingerprint density at radius 1 is 1.24 bits per heavy atom. The van der Waals surface area contributed by atoms with E-state index in [1.54, 1.807) is 12.1 Å². The number of carbonyl (C=O) groups excluding carboxylic acids is 2. The molecule has 17 heavy (non-hydrogen) atoms. The minimum atomic E-state index is -0.692. The van der Waals surface area contributed by atoms with Crippen LogP contribution in [0.25, 0.3) is 0 Å². The molecule has 0 atom stereocenters. The van der Waals surface area contributed by atoms with Gasteiger partial charge in [0.05, 0.1) is 0 Å². The monoisotopic (exact) mass is 296 g/mol. The summed E-state index contributed by atoms with van der Waals surface area (Å²) in [7, 11) is 0. The van der Waals surface area contributed by atoms with E-state index in [4.69, 9.17) is 0 Å². The van der Waals surface area contributed by atoms with Gasteiger partial charge in [-0.1, -0.05) is 40.2 Å². The number of rotatable bonds is 3. The molecule has 90 valence electrons. The van der Waals surface area contributed by atoms with Crippen LogP contribution >= 0.6 is 15.9 Å². The highest BCUT2D eigenvalue weighted by atomic mass is 79.9. The fourth-order valence-corrected chi connectivity index (χ4v) is 1.22. The number of aryl methyl sites for hydroxylation is 1. The van der Waals surface area contributed by atoms with Gasteiger partial charge < -0.3 is 10.6 Å². The van der Waals surface area contributed by atoms with E-state index >= 15 is 0 Å². The number of anilines is 1. The normalized spacial score (nSPS) is 9.53. The zero-order chi connectivity index (χ0) is 12.8. The van der Waals surface area contributed by atoms with Gasteiger partial charge in [-0.2, -0.15) is 0 Å². The van der Waals surface area contributed by atoms with E-state index in [0.717, 1.165) is 5.56 Å². The molecule has 0 aromatic heterocycles. The molecule has 0 saturated carbocycles. The lowest BCUT2D eigenvalue weighted by atomic mass is 10.2. The van der Waals surface area contributed by atoms with Crippen molar-refractivity contribution in [2.45, 2.75) is 6.92 Å². The molecular weight excluding hydrogens is 284 g/mol. The number of nitrogens with one attached hydrogen (secondary N) is 2. The molecule has 0 aliphatic heterocycles. The van der Waals surface area contributed by atoms with E-state index in [1.807, 2.05) is 19.1 Å². The Balaban J connectivity index is 2.51. The number of benzene rings is 1. The molecule has 0 heterocycles. The molecule has 0 radical (unpaired) electrons. The summed E-state index contributed by atoms with van der Waals surface area (Å²) >= 11 is 3.09. The van der Waals surface area contributed by atoms with Crippen LogP contribution in [0.2, 0.25) is 0 Å². The molecule has 0 bridgehead atoms. The lowest BCUT2D eigenvalue weighted by Gasteiger charge is -2.06. The van der Waals surface area contributed by atoms with Crippen molar-refractivity contribution < 1.29 is 9.59 Å². The van der Waals surface area contributed by atoms with E-state index < -0.39 is 11.8 Å². The van der Waals surface area contributed by atoms with Gasteiger partial charge in [0.1, 0.15) is 0 Å². The van der Waals surface area contributed by atoms with Crippen LogP contribution < -0.4 is 10.6 Å². The third-order valence-corrected chi connectivity index (χ3v) is 2.24. The molecule has 1 aromatic rings. The van der Waals surface area contributed by atoms with Crippen molar-refractivity contribution in [1.29, 1.82) is 0 Å². The van der Waals surface area contributed by atoms with Crippen molar-refractivity contribution in [1.82, 2.24) is 5.32 Å². The minimum Gasteiger partial charge on any atom is -0.343 e. The second-order valence-corrected chi connectivity index (χ2v) is 4.64. The molecule has 2 amide bonds. The van der Waals surface area contributed by atoms with Gasteiger partial charge in [0, 0.05) is 16.7 Å². The molecule has 0 aliphatic rings. The molecular formula is C12H13BrN2O2. The molecule has 0 aliphatic carbocycles. The summed E-state index contributed by atoms with van der Waals surface area (Å²) in [6.45, 7) is 5.72. The number of carbonyl (C=O) groups is 2. The van der Waals surface area contributed by atoms with Crippen molar-refractivity contribution >= 4 is 33.4 Å². The van der Waals surface area contributed by atoms with Gasteiger partial charge in [-0.3, -0.25) is 9.59 Å². The molecule has 1 aromatic carbocycles. The van der Waals surface area contributed by atoms with Gasteiger partial charge in [-0.15, -0.1) is 0 Å². The zero-order valence-electron chi connectivity index (χ0n) is 9.42. The Labute approximate surface area is 108 Å². The first-order valence-corrected chi connectivity index (χ1v) is 5.77. The Hall–Kier alpha value is -1.62. The molecule has 0 spiro atoms. The van der Waals surface area contributed by atoms with Crippen molar-refractivity contribution in [3.8, 4) is 0 Å². The summed E-state index contributed by atoms with van der Waals surface area (Å²) in [6.07, 6.45) is 0. The van der Waals surface area contributed by atoms with Crippen molar-refractivity contribution in [3.63, 3.8) is 0 Å². The third kappa shape index (κ3) is 4.82. The highest BCUT2D eigenvalue weighted by Crippen LogP contribution is 2.08. The molecule has 0 fully saturated rings. The largest absolute Gasteiger partial charge is 0.343 e. The molecule has 0 saturated heterocycles. The summed E-state index contributed by atoms with van der Waals surface area (Å²) in [6, 6.07) is 7.19. The second kappa shape index (κ2) is 6.20. The van der Waals surface area contributed by atoms with Gasteiger partial charge in [0.2, 0.25) is 0 Å². The Bertz CT molecular complexity index is 440. The van der Waals surface area contributed by atoms with Crippen molar-refractivity contribution in [3.05, 3.63) is 40.9 Å². The number of hydrogen-bond donors (Lipinski definition) is 2. The average Bonchev–Trinajstić information content (AvgIpc) is 2.28. The predicted molar refractivity (Wildman–Crippen MR) is 70.9 cm³/mol. The SMILES string of the molecule is C=C(Br)CNC(=O)C(=O)Nc1ccc(C)cc1. The Morgan fingerprint density at radius 2 is 1.82 bits per heavy atom. The van der Waals surface area contributed by atoms with Gasteiger partial charge in [0.15, 0.2) is 0 Å². The van der Waals surface area contributed by atoms with Crippen LogP contribution in [0.15, 0.2) is 35.3 Å². The number of hydrogen-bond acceptors (Lipinski definition) is 2. The van der Waals surface area contributed by atoms with Crippen LogP contribution in [0.5, 0.6) is 0 Å². The molecule has 1 rings (SSSR count). The lowest BCUT2D eigenvalue weighted by Crippen LogP contribution is -2.35. The standard InChI is InChI=1S/C12H13BrN2O2/c1-8-3-5-10(6-4-8)15-12(17)11(16)14-7-9(2)13/h3-6H,2,7H2,1H3,(H,14,16)(H,15,17). The Kier molecular flexibility index (Phi) is 4.90.